The van der Waals surface area contributed by atoms with Gasteiger partial charge in [0.25, 0.3) is 6.43 Å². The van der Waals surface area contributed by atoms with Crippen LogP contribution in [-0.2, 0) is 4.74 Å². The molecule has 0 aliphatic carbocycles. The summed E-state index contributed by atoms with van der Waals surface area (Å²) in [6, 6.07) is 3.67. The minimum absolute atomic E-state index is 0.233. The zero-order valence-corrected chi connectivity index (χ0v) is 11.0. The molecule has 1 aliphatic rings. The van der Waals surface area contributed by atoms with E-state index in [0.717, 1.165) is 23.9 Å². The Morgan fingerprint density at radius 3 is 3.00 bits per heavy atom. The second-order valence-corrected chi connectivity index (χ2v) is 4.77. The van der Waals surface area contributed by atoms with E-state index in [-0.39, 0.29) is 6.04 Å². The maximum Gasteiger partial charge on any atom is 0.299 e. The van der Waals surface area contributed by atoms with E-state index in [2.05, 4.69) is 20.2 Å². The molecule has 2 aromatic heterocycles. The highest BCUT2D eigenvalue weighted by Crippen LogP contribution is 2.25. The van der Waals surface area contributed by atoms with Gasteiger partial charge in [0.05, 0.1) is 12.6 Å². The van der Waals surface area contributed by atoms with Crippen molar-refractivity contribution in [1.29, 1.82) is 0 Å². The number of hydrogen-bond acceptors (Lipinski definition) is 5. The quantitative estimate of drug-likeness (QED) is 0.854. The number of anilines is 1. The van der Waals surface area contributed by atoms with Crippen molar-refractivity contribution < 1.29 is 13.5 Å². The van der Waals surface area contributed by atoms with Crippen LogP contribution in [-0.4, -0.2) is 46.1 Å². The topological polar surface area (TPSA) is 55.5 Å². The third-order valence-electron chi connectivity index (χ3n) is 3.50. The van der Waals surface area contributed by atoms with Gasteiger partial charge in [-0.2, -0.15) is 4.52 Å². The van der Waals surface area contributed by atoms with Crippen molar-refractivity contribution in [2.75, 3.05) is 25.2 Å². The monoisotopic (exact) mass is 283 g/mol. The molecule has 2 aromatic rings. The van der Waals surface area contributed by atoms with Gasteiger partial charge in [-0.1, -0.05) is 0 Å². The highest BCUT2D eigenvalue weighted by Gasteiger charge is 2.26. The maximum atomic E-state index is 12.8. The van der Waals surface area contributed by atoms with E-state index in [1.165, 1.54) is 0 Å². The Morgan fingerprint density at radius 2 is 2.25 bits per heavy atom. The summed E-state index contributed by atoms with van der Waals surface area (Å²) in [4.78, 5) is 2.08. The minimum atomic E-state index is -2.69. The lowest BCUT2D eigenvalue weighted by Crippen LogP contribution is -2.33. The van der Waals surface area contributed by atoms with Crippen LogP contribution in [0, 0.1) is 0 Å². The highest BCUT2D eigenvalue weighted by molar-refractivity contribution is 5.47. The fourth-order valence-corrected chi connectivity index (χ4v) is 2.59. The van der Waals surface area contributed by atoms with Crippen LogP contribution >= 0.6 is 0 Å². The van der Waals surface area contributed by atoms with Gasteiger partial charge >= 0.3 is 0 Å². The first-order chi connectivity index (χ1) is 9.70. The molecule has 0 radical (unpaired) electrons. The number of fused-ring (bicyclic) bond motifs is 1. The van der Waals surface area contributed by atoms with Crippen LogP contribution in [0.25, 0.3) is 5.65 Å². The Morgan fingerprint density at radius 1 is 1.40 bits per heavy atom. The molecule has 1 saturated heterocycles. The summed E-state index contributed by atoms with van der Waals surface area (Å²) < 4.78 is 32.0. The van der Waals surface area contributed by atoms with Crippen LogP contribution in [0.2, 0.25) is 0 Å². The van der Waals surface area contributed by atoms with Crippen molar-refractivity contribution in [2.24, 2.45) is 0 Å². The largest absolute Gasteiger partial charge is 0.383 e. The summed E-state index contributed by atoms with van der Waals surface area (Å²) in [5.74, 6) is 0.225. The summed E-state index contributed by atoms with van der Waals surface area (Å²) in [5, 5.41) is 11.4. The van der Waals surface area contributed by atoms with Crippen LogP contribution in [0.3, 0.4) is 0 Å². The highest BCUT2D eigenvalue weighted by atomic mass is 19.3. The standard InChI is InChI=1S/C12H15F2N5O/c1-20-7-8-3-2-6-18(8)10-5-4-9-15-16-12(11(13)14)19(9)17-10/h4-5,8,11H,2-3,6-7H2,1H3/t8-/m0/s1. The average molecular weight is 283 g/mol. The van der Waals surface area contributed by atoms with Crippen LogP contribution in [0.4, 0.5) is 14.6 Å². The Kier molecular flexibility index (Phi) is 3.47. The molecule has 3 rings (SSSR count). The van der Waals surface area contributed by atoms with E-state index >= 15 is 0 Å². The Hall–Kier alpha value is -1.83. The van der Waals surface area contributed by atoms with Gasteiger partial charge in [0.1, 0.15) is 5.82 Å². The van der Waals surface area contributed by atoms with Crippen molar-refractivity contribution in [1.82, 2.24) is 19.8 Å². The fourth-order valence-electron chi connectivity index (χ4n) is 2.59. The van der Waals surface area contributed by atoms with E-state index < -0.39 is 12.2 Å². The minimum Gasteiger partial charge on any atom is -0.383 e. The van der Waals surface area contributed by atoms with Crippen LogP contribution in [0.1, 0.15) is 25.1 Å². The van der Waals surface area contributed by atoms with Crippen molar-refractivity contribution in [2.45, 2.75) is 25.3 Å². The van der Waals surface area contributed by atoms with Gasteiger partial charge < -0.3 is 9.64 Å². The molecule has 108 valence electrons. The normalized spacial score (nSPS) is 19.4. The van der Waals surface area contributed by atoms with Crippen LogP contribution in [0.5, 0.6) is 0 Å². The number of nitrogens with zero attached hydrogens (tertiary/aromatic N) is 5. The Labute approximate surface area is 114 Å². The van der Waals surface area contributed by atoms with Crippen molar-refractivity contribution in [3.05, 3.63) is 18.0 Å². The van der Waals surface area contributed by atoms with Crippen molar-refractivity contribution in [3.63, 3.8) is 0 Å². The van der Waals surface area contributed by atoms with Gasteiger partial charge in [-0.05, 0) is 25.0 Å². The lowest BCUT2D eigenvalue weighted by Gasteiger charge is -2.24. The fraction of sp³-hybridized carbons (Fsp3) is 0.583. The van der Waals surface area contributed by atoms with Gasteiger partial charge in [0, 0.05) is 13.7 Å². The lowest BCUT2D eigenvalue weighted by atomic mass is 10.2. The molecule has 8 heteroatoms. The zero-order valence-electron chi connectivity index (χ0n) is 11.0. The zero-order chi connectivity index (χ0) is 14.1. The predicted octanol–water partition coefficient (Wildman–Crippen LogP) is 1.68. The molecule has 6 nitrogen and oxygen atoms in total. The third-order valence-corrected chi connectivity index (χ3v) is 3.50. The molecular formula is C12H15F2N5O. The Balaban J connectivity index is 1.97. The number of halogens is 2. The number of hydrogen-bond donors (Lipinski definition) is 0. The summed E-state index contributed by atoms with van der Waals surface area (Å²) in [5.41, 5.74) is 0.325. The average Bonchev–Trinajstić information content (AvgIpc) is 3.04. The molecule has 0 spiro atoms. The lowest BCUT2D eigenvalue weighted by molar-refractivity contribution is 0.137. The van der Waals surface area contributed by atoms with Crippen molar-refractivity contribution >= 4 is 11.5 Å². The Bertz CT molecular complexity index is 603. The molecular weight excluding hydrogens is 268 g/mol. The first kappa shape index (κ1) is 13.2. The number of alkyl halides is 2. The smallest absolute Gasteiger partial charge is 0.299 e. The second-order valence-electron chi connectivity index (χ2n) is 4.77. The summed E-state index contributed by atoms with van der Waals surface area (Å²) in [6.07, 6.45) is -0.643. The SMILES string of the molecule is COC[C@@H]1CCCN1c1ccc2nnc(C(F)F)n2n1. The van der Waals surface area contributed by atoms with Gasteiger partial charge in [-0.15, -0.1) is 15.3 Å². The molecule has 1 fully saturated rings. The molecule has 20 heavy (non-hydrogen) atoms. The number of aromatic nitrogens is 4. The van der Waals surface area contributed by atoms with Gasteiger partial charge in [0.15, 0.2) is 5.65 Å². The molecule has 0 saturated carbocycles. The summed E-state index contributed by atoms with van der Waals surface area (Å²) >= 11 is 0. The van der Waals surface area contributed by atoms with Gasteiger partial charge in [-0.25, -0.2) is 8.78 Å². The number of rotatable bonds is 4. The molecule has 1 aliphatic heterocycles. The molecule has 0 unspecified atom stereocenters. The first-order valence-electron chi connectivity index (χ1n) is 6.47. The molecule has 1 atom stereocenters. The summed E-state index contributed by atoms with van der Waals surface area (Å²) in [7, 11) is 1.65. The molecule has 0 N–H and O–H groups in total. The van der Waals surface area contributed by atoms with Crippen LogP contribution in [0.15, 0.2) is 12.1 Å². The molecule has 0 aromatic carbocycles. The first-order valence-corrected chi connectivity index (χ1v) is 6.47. The van der Waals surface area contributed by atoms with E-state index in [0.29, 0.717) is 18.1 Å². The molecule has 3 heterocycles. The predicted molar refractivity (Wildman–Crippen MR) is 68.0 cm³/mol. The van der Waals surface area contributed by atoms with E-state index in [9.17, 15) is 8.78 Å². The maximum absolute atomic E-state index is 12.8. The van der Waals surface area contributed by atoms with E-state index in [1.807, 2.05) is 0 Å². The molecule has 0 amide bonds. The number of ether oxygens (including phenoxy) is 1. The van der Waals surface area contributed by atoms with Crippen LogP contribution < -0.4 is 4.90 Å². The molecule has 0 bridgehead atoms. The van der Waals surface area contributed by atoms with Gasteiger partial charge in [-0.3, -0.25) is 0 Å². The van der Waals surface area contributed by atoms with E-state index in [4.69, 9.17) is 4.74 Å². The van der Waals surface area contributed by atoms with Gasteiger partial charge in [0.2, 0.25) is 5.82 Å². The van der Waals surface area contributed by atoms with Crippen molar-refractivity contribution in [3.8, 4) is 0 Å². The van der Waals surface area contributed by atoms with E-state index in [1.54, 1.807) is 19.2 Å². The summed E-state index contributed by atoms with van der Waals surface area (Å²) in [6.45, 7) is 1.45. The third kappa shape index (κ3) is 2.20. The number of methoxy groups -OCH3 is 1. The second kappa shape index (κ2) is 5.28.